The van der Waals surface area contributed by atoms with Gasteiger partial charge in [0, 0.05) is 38.5 Å². The minimum absolute atomic E-state index is 0.0329. The molecule has 0 N–H and O–H groups in total. The van der Waals surface area contributed by atoms with Crippen LogP contribution >= 0.6 is 0 Å². The molecular weight excluding hydrogens is 388 g/mol. The lowest BCUT2D eigenvalue weighted by molar-refractivity contribution is -0.132. The van der Waals surface area contributed by atoms with Crippen molar-refractivity contribution in [2.45, 2.75) is 64.3 Å². The Hall–Kier alpha value is -2.63. The van der Waals surface area contributed by atoms with E-state index in [1.807, 2.05) is 38.7 Å². The monoisotopic (exact) mass is 422 g/mol. The lowest BCUT2D eigenvalue weighted by Crippen LogP contribution is -2.51. The summed E-state index contributed by atoms with van der Waals surface area (Å²) in [5.41, 5.74) is 2.75. The largest absolute Gasteiger partial charge is 0.339 e. The average molecular weight is 423 g/mol. The number of rotatable bonds is 6. The molecule has 2 heterocycles. The number of piperazine rings is 1. The first-order chi connectivity index (χ1) is 14.8. The van der Waals surface area contributed by atoms with E-state index in [2.05, 4.69) is 32.9 Å². The molecule has 31 heavy (non-hydrogen) atoms. The molecule has 2 aromatic rings. The molecule has 1 aliphatic heterocycles. The molecular formula is C25H34N4O2. The number of carbonyl (C=O) groups is 2. The quantitative estimate of drug-likeness (QED) is 0.711. The topological polar surface area (TPSA) is 58.4 Å². The first-order valence-corrected chi connectivity index (χ1v) is 11.5. The SMILES string of the molecule is CC(C)(C)n1nc(C2CC2)cc1C(=O)N1CCN(C(=O)CCCc2ccccc2)CC1. The molecule has 0 radical (unpaired) electrons. The Balaban J connectivity index is 1.31. The summed E-state index contributed by atoms with van der Waals surface area (Å²) in [6.45, 7) is 8.62. The van der Waals surface area contributed by atoms with E-state index in [9.17, 15) is 9.59 Å². The van der Waals surface area contributed by atoms with Gasteiger partial charge in [0.25, 0.3) is 5.91 Å². The van der Waals surface area contributed by atoms with Crippen LogP contribution in [0.4, 0.5) is 0 Å². The highest BCUT2D eigenvalue weighted by atomic mass is 16.2. The third-order valence-corrected chi connectivity index (χ3v) is 6.20. The summed E-state index contributed by atoms with van der Waals surface area (Å²) in [4.78, 5) is 29.7. The number of benzene rings is 1. The molecule has 2 aliphatic rings. The highest BCUT2D eigenvalue weighted by molar-refractivity contribution is 5.93. The second kappa shape index (κ2) is 8.85. The van der Waals surface area contributed by atoms with Gasteiger partial charge in [0.1, 0.15) is 5.69 Å². The van der Waals surface area contributed by atoms with Gasteiger partial charge in [-0.3, -0.25) is 14.3 Å². The molecule has 2 fully saturated rings. The number of hydrogen-bond donors (Lipinski definition) is 0. The maximum atomic E-state index is 13.3. The van der Waals surface area contributed by atoms with Gasteiger partial charge in [0.15, 0.2) is 0 Å². The highest BCUT2D eigenvalue weighted by Crippen LogP contribution is 2.40. The molecule has 1 saturated heterocycles. The molecule has 0 bridgehead atoms. The molecule has 0 unspecified atom stereocenters. The maximum Gasteiger partial charge on any atom is 0.272 e. The van der Waals surface area contributed by atoms with Crippen LogP contribution in [0.1, 0.15) is 74.1 Å². The third kappa shape index (κ3) is 5.17. The Labute approximate surface area is 185 Å². The zero-order valence-electron chi connectivity index (χ0n) is 19.0. The third-order valence-electron chi connectivity index (χ3n) is 6.20. The second-order valence-electron chi connectivity index (χ2n) is 9.82. The van der Waals surface area contributed by atoms with E-state index < -0.39 is 0 Å². The van der Waals surface area contributed by atoms with Gasteiger partial charge >= 0.3 is 0 Å². The number of aromatic nitrogens is 2. The van der Waals surface area contributed by atoms with Gasteiger partial charge in [0.05, 0.1) is 11.2 Å². The van der Waals surface area contributed by atoms with Crippen LogP contribution in [0.15, 0.2) is 36.4 Å². The molecule has 6 heteroatoms. The molecule has 2 amide bonds. The predicted octanol–water partition coefficient (Wildman–Crippen LogP) is 3.82. The van der Waals surface area contributed by atoms with Crippen molar-refractivity contribution >= 4 is 11.8 Å². The van der Waals surface area contributed by atoms with Crippen LogP contribution in [-0.2, 0) is 16.8 Å². The number of hydrogen-bond acceptors (Lipinski definition) is 3. The number of amides is 2. The fourth-order valence-corrected chi connectivity index (χ4v) is 4.21. The van der Waals surface area contributed by atoms with Crippen LogP contribution < -0.4 is 0 Å². The van der Waals surface area contributed by atoms with Crippen molar-refractivity contribution in [1.29, 1.82) is 0 Å². The molecule has 4 rings (SSSR count). The van der Waals surface area contributed by atoms with Crippen LogP contribution in [0.5, 0.6) is 0 Å². The van der Waals surface area contributed by atoms with Crippen molar-refractivity contribution in [3.8, 4) is 0 Å². The van der Waals surface area contributed by atoms with Crippen molar-refractivity contribution in [3.05, 3.63) is 53.3 Å². The molecule has 166 valence electrons. The minimum atomic E-state index is -0.241. The van der Waals surface area contributed by atoms with Crippen LogP contribution in [0.25, 0.3) is 0 Å². The standard InChI is InChI=1S/C25H34N4O2/c1-25(2,3)29-22(18-21(26-29)20-12-13-20)24(31)28-16-14-27(15-17-28)23(30)11-7-10-19-8-5-4-6-9-19/h4-6,8-9,18,20H,7,10-17H2,1-3H3. The molecule has 0 atom stereocenters. The summed E-state index contributed by atoms with van der Waals surface area (Å²) in [6.07, 6.45) is 4.67. The van der Waals surface area contributed by atoms with Crippen molar-refractivity contribution in [1.82, 2.24) is 19.6 Å². The lowest BCUT2D eigenvalue weighted by atomic mass is 10.1. The van der Waals surface area contributed by atoms with E-state index in [1.165, 1.54) is 18.4 Å². The minimum Gasteiger partial charge on any atom is -0.339 e. The molecule has 6 nitrogen and oxygen atoms in total. The summed E-state index contributed by atoms with van der Waals surface area (Å²) in [7, 11) is 0. The molecule has 1 aromatic carbocycles. The summed E-state index contributed by atoms with van der Waals surface area (Å²) < 4.78 is 1.89. The number of carbonyl (C=O) groups excluding carboxylic acids is 2. The zero-order chi connectivity index (χ0) is 22.0. The van der Waals surface area contributed by atoms with Gasteiger partial charge in [-0.1, -0.05) is 30.3 Å². The van der Waals surface area contributed by atoms with E-state index in [-0.39, 0.29) is 17.4 Å². The summed E-state index contributed by atoms with van der Waals surface area (Å²) in [5.74, 6) is 0.741. The van der Waals surface area contributed by atoms with E-state index >= 15 is 0 Å². The average Bonchev–Trinajstić information content (AvgIpc) is 3.51. The van der Waals surface area contributed by atoms with E-state index in [4.69, 9.17) is 5.10 Å². The van der Waals surface area contributed by atoms with Crippen molar-refractivity contribution in [2.24, 2.45) is 0 Å². The summed E-state index contributed by atoms with van der Waals surface area (Å²) in [6, 6.07) is 12.3. The normalized spacial score (nSPS) is 17.1. The molecule has 0 spiro atoms. The van der Waals surface area contributed by atoms with Gasteiger partial charge in [-0.05, 0) is 58.1 Å². The summed E-state index contributed by atoms with van der Waals surface area (Å²) >= 11 is 0. The van der Waals surface area contributed by atoms with E-state index in [1.54, 1.807) is 0 Å². The van der Waals surface area contributed by atoms with Crippen molar-refractivity contribution < 1.29 is 9.59 Å². The Morgan fingerprint density at radius 3 is 2.26 bits per heavy atom. The zero-order valence-corrected chi connectivity index (χ0v) is 19.0. The van der Waals surface area contributed by atoms with Crippen LogP contribution in [0, 0.1) is 0 Å². The Bertz CT molecular complexity index is 917. The Morgan fingerprint density at radius 2 is 1.65 bits per heavy atom. The molecule has 1 saturated carbocycles. The second-order valence-corrected chi connectivity index (χ2v) is 9.82. The van der Waals surface area contributed by atoms with Gasteiger partial charge in [-0.25, -0.2) is 0 Å². The molecule has 1 aliphatic carbocycles. The van der Waals surface area contributed by atoms with Gasteiger partial charge in [0.2, 0.25) is 5.91 Å². The van der Waals surface area contributed by atoms with Crippen LogP contribution in [-0.4, -0.2) is 57.6 Å². The Kier molecular flexibility index (Phi) is 6.17. The van der Waals surface area contributed by atoms with Crippen molar-refractivity contribution in [3.63, 3.8) is 0 Å². The first kappa shape index (κ1) is 21.6. The van der Waals surface area contributed by atoms with Gasteiger partial charge < -0.3 is 9.80 Å². The summed E-state index contributed by atoms with van der Waals surface area (Å²) in [5, 5.41) is 4.77. The smallest absolute Gasteiger partial charge is 0.272 e. The van der Waals surface area contributed by atoms with Crippen molar-refractivity contribution in [2.75, 3.05) is 26.2 Å². The number of aryl methyl sites for hydroxylation is 1. The lowest BCUT2D eigenvalue weighted by Gasteiger charge is -2.35. The highest BCUT2D eigenvalue weighted by Gasteiger charge is 2.33. The fourth-order valence-electron chi connectivity index (χ4n) is 4.21. The van der Waals surface area contributed by atoms with E-state index in [0.717, 1.165) is 18.5 Å². The molecule has 1 aromatic heterocycles. The predicted molar refractivity (Wildman–Crippen MR) is 121 cm³/mol. The fraction of sp³-hybridized carbons (Fsp3) is 0.560. The van der Waals surface area contributed by atoms with Crippen LogP contribution in [0.3, 0.4) is 0 Å². The maximum absolute atomic E-state index is 13.3. The first-order valence-electron chi connectivity index (χ1n) is 11.5. The van der Waals surface area contributed by atoms with Crippen LogP contribution in [0.2, 0.25) is 0 Å². The van der Waals surface area contributed by atoms with Gasteiger partial charge in [-0.15, -0.1) is 0 Å². The van der Waals surface area contributed by atoms with Gasteiger partial charge in [-0.2, -0.15) is 5.10 Å². The van der Waals surface area contributed by atoms with E-state index in [0.29, 0.717) is 44.2 Å². The number of nitrogens with zero attached hydrogens (tertiary/aromatic N) is 4. The Morgan fingerprint density at radius 1 is 1.00 bits per heavy atom.